The van der Waals surface area contributed by atoms with E-state index in [1.165, 1.54) is 6.92 Å². The molecule has 2 atom stereocenters. The third-order valence-electron chi connectivity index (χ3n) is 2.14. The van der Waals surface area contributed by atoms with Gasteiger partial charge in [0.1, 0.15) is 5.54 Å². The summed E-state index contributed by atoms with van der Waals surface area (Å²) in [5.74, 6) is -1.62. The van der Waals surface area contributed by atoms with Gasteiger partial charge >= 0.3 is 5.97 Å². The molecule has 0 heterocycles. The lowest BCUT2D eigenvalue weighted by Crippen LogP contribution is -2.52. The highest BCUT2D eigenvalue weighted by atomic mass is 32.1. The second-order valence-electron chi connectivity index (χ2n) is 4.50. The molecule has 0 saturated heterocycles. The van der Waals surface area contributed by atoms with Crippen molar-refractivity contribution in [2.75, 3.05) is 0 Å². The van der Waals surface area contributed by atoms with E-state index in [0.29, 0.717) is 0 Å². The second kappa shape index (κ2) is 4.51. The summed E-state index contributed by atoms with van der Waals surface area (Å²) in [6.45, 7) is 4.66. The molecule has 0 radical (unpaired) electrons. The van der Waals surface area contributed by atoms with Crippen LogP contribution in [0.5, 0.6) is 0 Å². The first kappa shape index (κ1) is 14.4. The first-order valence-corrected chi connectivity index (χ1v) is 4.96. The number of carbonyl (C=O) groups is 2. The number of Topliss-reactive ketones (excluding diaryl/α,β-unsaturated/α-hetero) is 1. The van der Waals surface area contributed by atoms with Crippen molar-refractivity contribution in [1.82, 2.24) is 0 Å². The molecule has 6 heteroatoms. The highest BCUT2D eigenvalue weighted by molar-refractivity contribution is 7.81. The molecule has 0 aromatic rings. The van der Waals surface area contributed by atoms with Crippen LogP contribution in [0.1, 0.15) is 27.2 Å². The molecule has 0 fully saturated rings. The summed E-state index contributed by atoms with van der Waals surface area (Å²) in [6.07, 6.45) is -0.298. The SMILES string of the molecule is CC(N)(CC(=O)[C@H](N)C(C)(C)S)C(=O)O. The van der Waals surface area contributed by atoms with Gasteiger partial charge in [-0.3, -0.25) is 9.59 Å². The number of hydrogen-bond acceptors (Lipinski definition) is 5. The summed E-state index contributed by atoms with van der Waals surface area (Å²) in [6, 6.07) is -0.831. The Morgan fingerprint density at radius 3 is 2.07 bits per heavy atom. The third-order valence-corrected chi connectivity index (χ3v) is 2.42. The quantitative estimate of drug-likeness (QED) is 0.492. The molecule has 5 N–H and O–H groups in total. The predicted octanol–water partition coefficient (Wildman–Crippen LogP) is -0.217. The maximum Gasteiger partial charge on any atom is 0.323 e. The fraction of sp³-hybridized carbons (Fsp3) is 0.778. The lowest BCUT2D eigenvalue weighted by Gasteiger charge is -2.27. The standard InChI is InChI=1S/C9H18N2O3S/c1-8(2,15)6(10)5(12)4-9(3,11)7(13)14/h6,15H,4,10-11H2,1-3H3,(H,13,14)/t6-,9?/m0/s1. The van der Waals surface area contributed by atoms with Gasteiger partial charge in [-0.2, -0.15) is 12.6 Å². The van der Waals surface area contributed by atoms with Gasteiger partial charge < -0.3 is 16.6 Å². The van der Waals surface area contributed by atoms with E-state index in [2.05, 4.69) is 12.6 Å². The van der Waals surface area contributed by atoms with E-state index in [1.807, 2.05) is 0 Å². The van der Waals surface area contributed by atoms with Crippen molar-refractivity contribution in [1.29, 1.82) is 0 Å². The van der Waals surface area contributed by atoms with Gasteiger partial charge in [-0.1, -0.05) is 0 Å². The van der Waals surface area contributed by atoms with Crippen molar-refractivity contribution in [3.05, 3.63) is 0 Å². The summed E-state index contributed by atoms with van der Waals surface area (Å²) >= 11 is 4.16. The molecule has 0 saturated carbocycles. The molecule has 0 aliphatic heterocycles. The topological polar surface area (TPSA) is 106 Å². The molecule has 0 bridgehead atoms. The molecule has 0 aromatic heterocycles. The predicted molar refractivity (Wildman–Crippen MR) is 60.9 cm³/mol. The number of nitrogens with two attached hydrogens (primary N) is 2. The third kappa shape index (κ3) is 4.19. The van der Waals surface area contributed by atoms with Crippen LogP contribution in [0.2, 0.25) is 0 Å². The van der Waals surface area contributed by atoms with Gasteiger partial charge in [0.15, 0.2) is 5.78 Å². The maximum absolute atomic E-state index is 11.6. The van der Waals surface area contributed by atoms with E-state index in [1.54, 1.807) is 13.8 Å². The Kier molecular flexibility index (Phi) is 4.33. The molecule has 0 spiro atoms. The Bertz CT molecular complexity index is 271. The van der Waals surface area contributed by atoms with Crippen molar-refractivity contribution in [3.8, 4) is 0 Å². The zero-order chi connectivity index (χ0) is 12.4. The monoisotopic (exact) mass is 234 g/mol. The molecule has 88 valence electrons. The van der Waals surface area contributed by atoms with E-state index in [9.17, 15) is 9.59 Å². The van der Waals surface area contributed by atoms with E-state index < -0.39 is 28.1 Å². The number of rotatable bonds is 5. The zero-order valence-electron chi connectivity index (χ0n) is 9.15. The van der Waals surface area contributed by atoms with Gasteiger partial charge in [0.2, 0.25) is 0 Å². The van der Waals surface area contributed by atoms with Crippen LogP contribution in [0.4, 0.5) is 0 Å². The minimum Gasteiger partial charge on any atom is -0.480 e. The first-order valence-electron chi connectivity index (χ1n) is 4.51. The molecular weight excluding hydrogens is 216 g/mol. The molecule has 0 aliphatic rings. The first-order chi connectivity index (χ1) is 6.48. The van der Waals surface area contributed by atoms with Crippen molar-refractivity contribution in [3.63, 3.8) is 0 Å². The number of carbonyl (C=O) groups excluding carboxylic acids is 1. The van der Waals surface area contributed by atoms with E-state index in [4.69, 9.17) is 16.6 Å². The summed E-state index contributed by atoms with van der Waals surface area (Å²) < 4.78 is -0.689. The van der Waals surface area contributed by atoms with Crippen LogP contribution >= 0.6 is 12.6 Å². The maximum atomic E-state index is 11.6. The van der Waals surface area contributed by atoms with E-state index in [0.717, 1.165) is 0 Å². The van der Waals surface area contributed by atoms with Crippen LogP contribution in [-0.2, 0) is 9.59 Å². The lowest BCUT2D eigenvalue weighted by molar-refractivity contribution is -0.144. The van der Waals surface area contributed by atoms with Crippen molar-refractivity contribution in [2.24, 2.45) is 11.5 Å². The Labute approximate surface area is 94.6 Å². The van der Waals surface area contributed by atoms with Gasteiger partial charge in [-0.05, 0) is 20.8 Å². The van der Waals surface area contributed by atoms with Gasteiger partial charge in [0.25, 0.3) is 0 Å². The number of thiol groups is 1. The lowest BCUT2D eigenvalue weighted by atomic mass is 9.89. The Morgan fingerprint density at radius 1 is 1.40 bits per heavy atom. The fourth-order valence-electron chi connectivity index (χ4n) is 0.941. The van der Waals surface area contributed by atoms with Crippen LogP contribution in [-0.4, -0.2) is 33.2 Å². The van der Waals surface area contributed by atoms with Crippen molar-refractivity contribution < 1.29 is 14.7 Å². The largest absolute Gasteiger partial charge is 0.480 e. The highest BCUT2D eigenvalue weighted by Gasteiger charge is 2.36. The number of aliphatic carboxylic acids is 1. The number of hydrogen-bond donors (Lipinski definition) is 4. The normalized spacial score (nSPS) is 18.0. The van der Waals surface area contributed by atoms with Crippen LogP contribution in [0, 0.1) is 0 Å². The summed E-state index contributed by atoms with van der Waals surface area (Å²) in [5.41, 5.74) is 9.49. The van der Waals surface area contributed by atoms with Crippen LogP contribution in [0.25, 0.3) is 0 Å². The van der Waals surface area contributed by atoms with E-state index in [-0.39, 0.29) is 6.42 Å². The Morgan fingerprint density at radius 2 is 1.80 bits per heavy atom. The number of carboxylic acid groups (broad SMARTS) is 1. The Hall–Kier alpha value is -0.590. The van der Waals surface area contributed by atoms with Gasteiger partial charge in [0.05, 0.1) is 6.04 Å². The van der Waals surface area contributed by atoms with Crippen LogP contribution in [0.15, 0.2) is 0 Å². The van der Waals surface area contributed by atoms with Gasteiger partial charge in [0, 0.05) is 11.2 Å². The van der Waals surface area contributed by atoms with Crippen LogP contribution in [0.3, 0.4) is 0 Å². The summed E-state index contributed by atoms with van der Waals surface area (Å²) in [5, 5.41) is 8.74. The van der Waals surface area contributed by atoms with Crippen LogP contribution < -0.4 is 11.5 Å². The number of carboxylic acids is 1. The van der Waals surface area contributed by atoms with E-state index >= 15 is 0 Å². The highest BCUT2D eigenvalue weighted by Crippen LogP contribution is 2.19. The van der Waals surface area contributed by atoms with Crippen molar-refractivity contribution >= 4 is 24.4 Å². The average molecular weight is 234 g/mol. The molecular formula is C9H18N2O3S. The molecule has 0 aliphatic carbocycles. The van der Waals surface area contributed by atoms with Gasteiger partial charge in [-0.25, -0.2) is 0 Å². The molecule has 1 unspecified atom stereocenters. The molecule has 0 amide bonds. The minimum atomic E-state index is -1.58. The Balaban J connectivity index is 4.58. The smallest absolute Gasteiger partial charge is 0.323 e. The average Bonchev–Trinajstić information content (AvgIpc) is 2.00. The number of ketones is 1. The van der Waals surface area contributed by atoms with Crippen molar-refractivity contribution in [2.45, 2.75) is 43.5 Å². The fourth-order valence-corrected chi connectivity index (χ4v) is 1.09. The summed E-state index contributed by atoms with van der Waals surface area (Å²) in [4.78, 5) is 22.3. The van der Waals surface area contributed by atoms with Gasteiger partial charge in [-0.15, -0.1) is 0 Å². The minimum absolute atomic E-state index is 0.298. The molecule has 0 aromatic carbocycles. The zero-order valence-corrected chi connectivity index (χ0v) is 10.0. The second-order valence-corrected chi connectivity index (χ2v) is 5.65. The molecule has 15 heavy (non-hydrogen) atoms. The molecule has 5 nitrogen and oxygen atoms in total. The molecule has 0 rings (SSSR count). The summed E-state index contributed by atoms with van der Waals surface area (Å²) in [7, 11) is 0.